The summed E-state index contributed by atoms with van der Waals surface area (Å²) >= 11 is 1.38. The Hall–Kier alpha value is -1.01. The lowest BCUT2D eigenvalue weighted by Gasteiger charge is -2.23. The zero-order valence-corrected chi connectivity index (χ0v) is 11.6. The molecule has 2 atom stereocenters. The highest BCUT2D eigenvalue weighted by Gasteiger charge is 2.48. The molecular weight excluding hydrogens is 268 g/mol. The summed E-state index contributed by atoms with van der Waals surface area (Å²) in [7, 11) is -2.94. The van der Waals surface area contributed by atoms with E-state index in [1.54, 1.807) is 0 Å². The van der Waals surface area contributed by atoms with Gasteiger partial charge in [0.2, 0.25) is 0 Å². The third kappa shape index (κ3) is 1.93. The van der Waals surface area contributed by atoms with Gasteiger partial charge in [0.1, 0.15) is 0 Å². The minimum atomic E-state index is -2.94. The van der Waals surface area contributed by atoms with Crippen molar-refractivity contribution in [3.63, 3.8) is 0 Å². The van der Waals surface area contributed by atoms with Crippen LogP contribution in [0.3, 0.4) is 0 Å². The van der Waals surface area contributed by atoms with Crippen LogP contribution in [0.15, 0.2) is 24.3 Å². The predicted octanol–water partition coefficient (Wildman–Crippen LogP) is 1.65. The SMILES string of the molecule is Cc1ccc(N2C(=N)S[C@H]3CS(=O)(=O)C[C@H]32)cc1. The number of nitrogens with one attached hydrogen (secondary N) is 1. The molecule has 0 saturated carbocycles. The van der Waals surface area contributed by atoms with Crippen molar-refractivity contribution in [1.82, 2.24) is 0 Å². The van der Waals surface area contributed by atoms with E-state index in [9.17, 15) is 8.42 Å². The van der Waals surface area contributed by atoms with Crippen LogP contribution in [0.1, 0.15) is 5.56 Å². The highest BCUT2D eigenvalue weighted by Crippen LogP contribution is 2.40. The van der Waals surface area contributed by atoms with Crippen molar-refractivity contribution in [1.29, 1.82) is 5.41 Å². The largest absolute Gasteiger partial charge is 0.316 e. The lowest BCUT2D eigenvalue weighted by Crippen LogP contribution is -2.37. The van der Waals surface area contributed by atoms with Crippen molar-refractivity contribution in [2.45, 2.75) is 18.2 Å². The molecule has 18 heavy (non-hydrogen) atoms. The molecule has 1 N–H and O–H groups in total. The molecule has 2 aliphatic heterocycles. The summed E-state index contributed by atoms with van der Waals surface area (Å²) in [5.41, 5.74) is 2.08. The third-order valence-electron chi connectivity index (χ3n) is 3.40. The number of hydrogen-bond donors (Lipinski definition) is 1. The first-order valence-corrected chi connectivity index (χ1v) is 8.48. The third-order valence-corrected chi connectivity index (χ3v) is 6.53. The monoisotopic (exact) mass is 282 g/mol. The first-order chi connectivity index (χ1) is 8.46. The number of anilines is 1. The topological polar surface area (TPSA) is 61.2 Å². The van der Waals surface area contributed by atoms with E-state index in [1.165, 1.54) is 11.8 Å². The molecule has 2 saturated heterocycles. The summed E-state index contributed by atoms with van der Waals surface area (Å²) in [6.45, 7) is 2.01. The van der Waals surface area contributed by atoms with Crippen LogP contribution >= 0.6 is 11.8 Å². The van der Waals surface area contributed by atoms with E-state index in [1.807, 2.05) is 36.1 Å². The Labute approximate surface area is 111 Å². The van der Waals surface area contributed by atoms with E-state index in [-0.39, 0.29) is 22.8 Å². The number of thioether (sulfide) groups is 1. The molecule has 3 rings (SSSR count). The minimum absolute atomic E-state index is 0.0174. The van der Waals surface area contributed by atoms with Crippen LogP contribution in [0.25, 0.3) is 0 Å². The maximum atomic E-state index is 11.7. The smallest absolute Gasteiger partial charge is 0.161 e. The van der Waals surface area contributed by atoms with Gasteiger partial charge in [-0.3, -0.25) is 5.41 Å². The Kier molecular flexibility index (Phi) is 2.67. The zero-order valence-electron chi connectivity index (χ0n) is 9.96. The highest BCUT2D eigenvalue weighted by atomic mass is 32.2. The van der Waals surface area contributed by atoms with Crippen molar-refractivity contribution in [2.75, 3.05) is 16.4 Å². The number of sulfone groups is 1. The molecule has 0 amide bonds. The lowest BCUT2D eigenvalue weighted by atomic mass is 10.1. The summed E-state index contributed by atoms with van der Waals surface area (Å²) in [5.74, 6) is 0.369. The number of nitrogens with zero attached hydrogens (tertiary/aromatic N) is 1. The van der Waals surface area contributed by atoms with Gasteiger partial charge in [0.05, 0.1) is 17.5 Å². The predicted molar refractivity (Wildman–Crippen MR) is 75.2 cm³/mol. The Balaban J connectivity index is 1.96. The van der Waals surface area contributed by atoms with Crippen molar-refractivity contribution >= 4 is 32.5 Å². The van der Waals surface area contributed by atoms with Crippen LogP contribution in [0.5, 0.6) is 0 Å². The van der Waals surface area contributed by atoms with Crippen LogP contribution < -0.4 is 4.90 Å². The maximum Gasteiger partial charge on any atom is 0.161 e. The highest BCUT2D eigenvalue weighted by molar-refractivity contribution is 8.15. The maximum absolute atomic E-state index is 11.7. The molecule has 1 aromatic rings. The van der Waals surface area contributed by atoms with Crippen molar-refractivity contribution < 1.29 is 8.42 Å². The minimum Gasteiger partial charge on any atom is -0.316 e. The Morgan fingerprint density at radius 1 is 1.28 bits per heavy atom. The van der Waals surface area contributed by atoms with Crippen LogP contribution in [-0.4, -0.2) is 36.4 Å². The number of rotatable bonds is 1. The summed E-state index contributed by atoms with van der Waals surface area (Å²) in [5, 5.41) is 8.50. The average molecular weight is 282 g/mol. The van der Waals surface area contributed by atoms with Crippen molar-refractivity contribution in [3.8, 4) is 0 Å². The molecule has 4 nitrogen and oxygen atoms in total. The van der Waals surface area contributed by atoms with Gasteiger partial charge in [-0.25, -0.2) is 8.42 Å². The van der Waals surface area contributed by atoms with E-state index < -0.39 is 9.84 Å². The summed E-state index contributed by atoms with van der Waals surface area (Å²) in [6, 6.07) is 7.82. The number of benzene rings is 1. The second-order valence-corrected chi connectivity index (χ2v) is 8.19. The number of hydrogen-bond acceptors (Lipinski definition) is 4. The Morgan fingerprint density at radius 2 is 1.94 bits per heavy atom. The normalized spacial score (nSPS) is 29.6. The van der Waals surface area contributed by atoms with Crippen LogP contribution in [-0.2, 0) is 9.84 Å². The Morgan fingerprint density at radius 3 is 2.61 bits per heavy atom. The molecule has 0 spiro atoms. The summed E-state index contributed by atoms with van der Waals surface area (Å²) in [6.07, 6.45) is 0. The van der Waals surface area contributed by atoms with Crippen LogP contribution in [0, 0.1) is 12.3 Å². The van der Waals surface area contributed by atoms with Gasteiger partial charge in [0.15, 0.2) is 15.0 Å². The number of aryl methyl sites for hydroxylation is 1. The van der Waals surface area contributed by atoms with Gasteiger partial charge >= 0.3 is 0 Å². The molecule has 0 radical (unpaired) electrons. The summed E-state index contributed by atoms with van der Waals surface area (Å²) < 4.78 is 23.3. The molecule has 0 aromatic heterocycles. The number of amidine groups is 1. The first kappa shape index (κ1) is 12.0. The molecule has 0 bridgehead atoms. The van der Waals surface area contributed by atoms with Gasteiger partial charge < -0.3 is 4.90 Å². The molecule has 0 aliphatic carbocycles. The second-order valence-electron chi connectivity index (χ2n) is 4.81. The van der Waals surface area contributed by atoms with Gasteiger partial charge in [-0.15, -0.1) is 0 Å². The van der Waals surface area contributed by atoms with Crippen molar-refractivity contribution in [3.05, 3.63) is 29.8 Å². The van der Waals surface area contributed by atoms with Gasteiger partial charge in [-0.1, -0.05) is 29.5 Å². The van der Waals surface area contributed by atoms with E-state index >= 15 is 0 Å². The molecule has 2 fully saturated rings. The summed E-state index contributed by atoms with van der Waals surface area (Å²) in [4.78, 5) is 1.86. The molecule has 2 aliphatic rings. The van der Waals surface area contributed by atoms with E-state index in [2.05, 4.69) is 0 Å². The molecular formula is C12H14N2O2S2. The average Bonchev–Trinajstić information content (AvgIpc) is 2.70. The fourth-order valence-corrected chi connectivity index (χ4v) is 6.31. The second kappa shape index (κ2) is 3.99. The molecule has 0 unspecified atom stereocenters. The molecule has 2 heterocycles. The molecule has 1 aromatic carbocycles. The fraction of sp³-hybridized carbons (Fsp3) is 0.417. The van der Waals surface area contributed by atoms with Gasteiger partial charge in [-0.2, -0.15) is 0 Å². The van der Waals surface area contributed by atoms with Gasteiger partial charge in [0.25, 0.3) is 0 Å². The van der Waals surface area contributed by atoms with Gasteiger partial charge in [-0.05, 0) is 19.1 Å². The molecule has 6 heteroatoms. The zero-order chi connectivity index (χ0) is 12.9. The number of fused-ring (bicyclic) bond motifs is 1. The van der Waals surface area contributed by atoms with E-state index in [4.69, 9.17) is 5.41 Å². The van der Waals surface area contributed by atoms with E-state index in [0.717, 1.165) is 11.3 Å². The van der Waals surface area contributed by atoms with Gasteiger partial charge in [0, 0.05) is 10.9 Å². The standard InChI is InChI=1S/C12H14N2O2S2/c1-8-2-4-9(5-3-8)14-10-6-18(15,16)7-11(10)17-12(14)13/h2-5,10-11,13H,6-7H2,1H3/t10-,11+/m1/s1. The quantitative estimate of drug-likeness (QED) is 0.851. The van der Waals surface area contributed by atoms with Crippen LogP contribution in [0.2, 0.25) is 0 Å². The fourth-order valence-electron chi connectivity index (χ4n) is 2.52. The lowest BCUT2D eigenvalue weighted by molar-refractivity contribution is 0.601. The van der Waals surface area contributed by atoms with E-state index in [0.29, 0.717) is 5.17 Å². The first-order valence-electron chi connectivity index (χ1n) is 5.78. The Bertz CT molecular complexity index is 595. The molecule has 96 valence electrons. The van der Waals surface area contributed by atoms with Crippen LogP contribution in [0.4, 0.5) is 5.69 Å². The van der Waals surface area contributed by atoms with Crippen molar-refractivity contribution in [2.24, 2.45) is 0 Å².